The molecule has 154 valence electrons. The number of ether oxygens (including phenoxy) is 1. The van der Waals surface area contributed by atoms with Gasteiger partial charge in [-0.15, -0.1) is 0 Å². The van der Waals surface area contributed by atoms with Crippen LogP contribution in [-0.2, 0) is 14.4 Å². The Bertz CT molecular complexity index is 959. The van der Waals surface area contributed by atoms with Gasteiger partial charge in [0.15, 0.2) is 0 Å². The number of amides is 3. The van der Waals surface area contributed by atoms with E-state index in [9.17, 15) is 14.4 Å². The first-order chi connectivity index (χ1) is 14.5. The van der Waals surface area contributed by atoms with E-state index in [1.807, 2.05) is 36.4 Å². The third-order valence-corrected chi connectivity index (χ3v) is 5.88. The molecule has 2 aliphatic rings. The second-order valence-corrected chi connectivity index (χ2v) is 8.28. The Kier molecular flexibility index (Phi) is 5.99. The summed E-state index contributed by atoms with van der Waals surface area (Å²) in [5.74, 6) is 0.288. The van der Waals surface area contributed by atoms with E-state index in [2.05, 4.69) is 21.2 Å². The monoisotopic (exact) mass is 468 g/mol. The highest BCUT2D eigenvalue weighted by molar-refractivity contribution is 9.10. The Morgan fingerprint density at radius 1 is 0.933 bits per heavy atom. The number of carbonyl (C=O) groups is 3. The SMILES string of the molecule is O=C(CCN1C(=O)[C@H]2CC=CC[C@@H]2C1=O)Nc1ccc(Oc2ccc(Br)cc2)cc1. The van der Waals surface area contributed by atoms with E-state index in [0.717, 1.165) is 4.47 Å². The van der Waals surface area contributed by atoms with Crippen molar-refractivity contribution in [2.24, 2.45) is 11.8 Å². The zero-order valence-electron chi connectivity index (χ0n) is 16.2. The highest BCUT2D eigenvalue weighted by Crippen LogP contribution is 2.35. The molecule has 7 heteroatoms. The molecule has 4 rings (SSSR count). The molecule has 1 aliphatic carbocycles. The number of hydrogen-bond acceptors (Lipinski definition) is 4. The average molecular weight is 469 g/mol. The van der Waals surface area contributed by atoms with Crippen molar-refractivity contribution in [3.63, 3.8) is 0 Å². The first kappa shape index (κ1) is 20.3. The van der Waals surface area contributed by atoms with Gasteiger partial charge in [-0.3, -0.25) is 19.3 Å². The molecule has 1 heterocycles. The summed E-state index contributed by atoms with van der Waals surface area (Å²) in [6, 6.07) is 14.5. The summed E-state index contributed by atoms with van der Waals surface area (Å²) in [7, 11) is 0. The topological polar surface area (TPSA) is 75.7 Å². The van der Waals surface area contributed by atoms with Crippen molar-refractivity contribution in [2.45, 2.75) is 19.3 Å². The maximum absolute atomic E-state index is 12.5. The lowest BCUT2D eigenvalue weighted by Gasteiger charge is -2.14. The molecular weight excluding hydrogens is 448 g/mol. The summed E-state index contributed by atoms with van der Waals surface area (Å²) >= 11 is 3.38. The second kappa shape index (κ2) is 8.83. The predicted octanol–water partition coefficient (Wildman–Crippen LogP) is 4.52. The molecule has 30 heavy (non-hydrogen) atoms. The Morgan fingerprint density at radius 2 is 1.47 bits per heavy atom. The fraction of sp³-hybridized carbons (Fsp3) is 0.261. The maximum Gasteiger partial charge on any atom is 0.233 e. The predicted molar refractivity (Wildman–Crippen MR) is 116 cm³/mol. The van der Waals surface area contributed by atoms with Crippen LogP contribution in [0.5, 0.6) is 11.5 Å². The van der Waals surface area contributed by atoms with Crippen LogP contribution in [0.4, 0.5) is 5.69 Å². The van der Waals surface area contributed by atoms with E-state index in [4.69, 9.17) is 4.74 Å². The van der Waals surface area contributed by atoms with Crippen molar-refractivity contribution >= 4 is 39.3 Å². The van der Waals surface area contributed by atoms with Gasteiger partial charge in [0.25, 0.3) is 0 Å². The van der Waals surface area contributed by atoms with Crippen LogP contribution in [0, 0.1) is 11.8 Å². The Hall–Kier alpha value is -2.93. The Morgan fingerprint density at radius 3 is 2.03 bits per heavy atom. The number of likely N-dealkylation sites (tertiary alicyclic amines) is 1. The lowest BCUT2D eigenvalue weighted by Crippen LogP contribution is -2.34. The van der Waals surface area contributed by atoms with Crippen molar-refractivity contribution in [3.05, 3.63) is 65.2 Å². The highest BCUT2D eigenvalue weighted by atomic mass is 79.9. The first-order valence-electron chi connectivity index (χ1n) is 9.85. The smallest absolute Gasteiger partial charge is 0.233 e. The molecule has 0 aromatic heterocycles. The normalized spacial score (nSPS) is 20.2. The molecule has 1 saturated heterocycles. The number of anilines is 1. The van der Waals surface area contributed by atoms with Gasteiger partial charge in [0.2, 0.25) is 17.7 Å². The molecule has 0 saturated carbocycles. The average Bonchev–Trinajstić information content (AvgIpc) is 3.00. The van der Waals surface area contributed by atoms with Crippen LogP contribution in [-0.4, -0.2) is 29.2 Å². The van der Waals surface area contributed by atoms with Gasteiger partial charge in [0, 0.05) is 23.1 Å². The summed E-state index contributed by atoms with van der Waals surface area (Å²) in [4.78, 5) is 38.4. The van der Waals surface area contributed by atoms with Crippen LogP contribution in [0.1, 0.15) is 19.3 Å². The lowest BCUT2D eigenvalue weighted by molar-refractivity contribution is -0.140. The minimum Gasteiger partial charge on any atom is -0.457 e. The minimum atomic E-state index is -0.260. The summed E-state index contributed by atoms with van der Waals surface area (Å²) in [6.07, 6.45) is 5.18. The molecular formula is C23H21BrN2O4. The van der Waals surface area contributed by atoms with Gasteiger partial charge in [-0.25, -0.2) is 0 Å². The molecule has 0 bridgehead atoms. The number of fused-ring (bicyclic) bond motifs is 1. The van der Waals surface area contributed by atoms with Gasteiger partial charge in [-0.05, 0) is 61.4 Å². The zero-order chi connectivity index (χ0) is 21.1. The third-order valence-electron chi connectivity index (χ3n) is 5.35. The van der Waals surface area contributed by atoms with E-state index in [-0.39, 0.29) is 42.5 Å². The second-order valence-electron chi connectivity index (χ2n) is 7.36. The number of benzene rings is 2. The summed E-state index contributed by atoms with van der Waals surface area (Å²) in [6.45, 7) is 0.112. The number of nitrogens with zero attached hydrogens (tertiary/aromatic N) is 1. The maximum atomic E-state index is 12.5. The molecule has 2 aromatic carbocycles. The Balaban J connectivity index is 1.28. The van der Waals surface area contributed by atoms with E-state index >= 15 is 0 Å². The van der Waals surface area contributed by atoms with Crippen LogP contribution >= 0.6 is 15.9 Å². The third kappa shape index (κ3) is 4.46. The number of rotatable bonds is 6. The van der Waals surface area contributed by atoms with Crippen molar-refractivity contribution in [2.75, 3.05) is 11.9 Å². The van der Waals surface area contributed by atoms with Crippen molar-refractivity contribution in [1.29, 1.82) is 0 Å². The van der Waals surface area contributed by atoms with Crippen LogP contribution in [0.15, 0.2) is 65.2 Å². The Labute approximate surface area is 183 Å². The van der Waals surface area contributed by atoms with Crippen molar-refractivity contribution in [3.8, 4) is 11.5 Å². The molecule has 1 aliphatic heterocycles. The quantitative estimate of drug-likeness (QED) is 0.499. The van der Waals surface area contributed by atoms with E-state index in [1.54, 1.807) is 24.3 Å². The van der Waals surface area contributed by atoms with Crippen molar-refractivity contribution < 1.29 is 19.1 Å². The van der Waals surface area contributed by atoms with Gasteiger partial charge in [-0.2, -0.15) is 0 Å². The van der Waals surface area contributed by atoms with Crippen LogP contribution in [0.25, 0.3) is 0 Å². The van der Waals surface area contributed by atoms with Gasteiger partial charge in [-0.1, -0.05) is 28.1 Å². The molecule has 2 atom stereocenters. The summed E-state index contributed by atoms with van der Waals surface area (Å²) < 4.78 is 6.73. The fourth-order valence-electron chi connectivity index (χ4n) is 3.77. The van der Waals surface area contributed by atoms with Gasteiger partial charge >= 0.3 is 0 Å². The van der Waals surface area contributed by atoms with Gasteiger partial charge < -0.3 is 10.1 Å². The van der Waals surface area contributed by atoms with Crippen LogP contribution in [0.3, 0.4) is 0 Å². The minimum absolute atomic E-state index is 0.0709. The molecule has 6 nitrogen and oxygen atoms in total. The molecule has 2 aromatic rings. The molecule has 0 radical (unpaired) electrons. The molecule has 1 fully saturated rings. The molecule has 1 N–H and O–H groups in total. The number of imide groups is 1. The summed E-state index contributed by atoms with van der Waals surface area (Å²) in [5, 5.41) is 2.79. The van der Waals surface area contributed by atoms with Gasteiger partial charge in [0.05, 0.1) is 11.8 Å². The lowest BCUT2D eigenvalue weighted by atomic mass is 9.85. The van der Waals surface area contributed by atoms with Gasteiger partial charge in [0.1, 0.15) is 11.5 Å². The number of hydrogen-bond donors (Lipinski definition) is 1. The first-order valence-corrected chi connectivity index (χ1v) is 10.6. The van der Waals surface area contributed by atoms with Crippen LogP contribution < -0.4 is 10.1 Å². The van der Waals surface area contributed by atoms with Crippen molar-refractivity contribution in [1.82, 2.24) is 4.90 Å². The number of nitrogens with one attached hydrogen (secondary N) is 1. The van der Waals surface area contributed by atoms with E-state index in [1.165, 1.54) is 4.90 Å². The number of allylic oxidation sites excluding steroid dienone is 2. The fourth-order valence-corrected chi connectivity index (χ4v) is 4.04. The van der Waals surface area contributed by atoms with Crippen LogP contribution in [0.2, 0.25) is 0 Å². The largest absolute Gasteiger partial charge is 0.457 e. The standard InChI is InChI=1S/C23H21BrN2O4/c24-15-5-9-17(10-6-15)30-18-11-7-16(8-12-18)25-21(27)13-14-26-22(28)19-3-1-2-4-20(19)23(26)29/h1-2,5-12,19-20H,3-4,13-14H2,(H,25,27)/t19-,20-/m0/s1. The summed E-state index contributed by atoms with van der Waals surface area (Å²) in [5.41, 5.74) is 0.625. The van der Waals surface area contributed by atoms with E-state index in [0.29, 0.717) is 30.0 Å². The highest BCUT2D eigenvalue weighted by Gasteiger charge is 2.46. The zero-order valence-corrected chi connectivity index (χ0v) is 17.8. The number of halogens is 1. The molecule has 0 spiro atoms. The molecule has 3 amide bonds. The molecule has 0 unspecified atom stereocenters. The van der Waals surface area contributed by atoms with E-state index < -0.39 is 0 Å². The number of carbonyl (C=O) groups excluding carboxylic acids is 3.